The molecule has 2 amide bonds. The van der Waals surface area contributed by atoms with Gasteiger partial charge in [-0.1, -0.05) is 72.8 Å². The van der Waals surface area contributed by atoms with E-state index in [9.17, 15) is 14.7 Å². The quantitative estimate of drug-likeness (QED) is 0.223. The number of phenolic OH excluding ortho intramolecular Hbond substituents is 1. The van der Waals surface area contributed by atoms with Crippen LogP contribution in [-0.4, -0.2) is 48.0 Å². The molecular formula is C40H43N3O3. The average molecular weight is 614 g/mol. The van der Waals surface area contributed by atoms with Gasteiger partial charge in [0.15, 0.2) is 0 Å². The number of nitrogens with one attached hydrogen (secondary N) is 1. The lowest BCUT2D eigenvalue weighted by Gasteiger charge is -2.38. The largest absolute Gasteiger partial charge is 0.508 e. The van der Waals surface area contributed by atoms with Crippen molar-refractivity contribution in [2.45, 2.75) is 68.9 Å². The SMILES string of the molecule is CN(Cc1cccc(C2CCC(=O)NC2=O)c1)C1CCN(c2ccc(C3c4ccc(O)cc4CCC3c3ccccc3)cc2)CC1. The van der Waals surface area contributed by atoms with E-state index in [0.29, 0.717) is 30.6 Å². The second kappa shape index (κ2) is 13.1. The molecule has 0 radical (unpaired) electrons. The van der Waals surface area contributed by atoms with E-state index in [4.69, 9.17) is 0 Å². The van der Waals surface area contributed by atoms with Crippen LogP contribution in [0.2, 0.25) is 0 Å². The Hall–Kier alpha value is -4.42. The Morgan fingerprint density at radius 3 is 2.30 bits per heavy atom. The number of aromatic hydroxyl groups is 1. The van der Waals surface area contributed by atoms with Gasteiger partial charge in [0.1, 0.15) is 5.75 Å². The van der Waals surface area contributed by atoms with Crippen LogP contribution >= 0.6 is 0 Å². The molecular weight excluding hydrogens is 570 g/mol. The molecule has 0 spiro atoms. The molecule has 46 heavy (non-hydrogen) atoms. The van der Waals surface area contributed by atoms with Gasteiger partial charge in [0.05, 0.1) is 5.92 Å². The molecule has 2 heterocycles. The maximum absolute atomic E-state index is 12.4. The Labute approximate surface area is 272 Å². The van der Waals surface area contributed by atoms with Gasteiger partial charge >= 0.3 is 0 Å². The molecule has 2 saturated heterocycles. The van der Waals surface area contributed by atoms with Crippen molar-refractivity contribution in [3.63, 3.8) is 0 Å². The second-order valence-corrected chi connectivity index (χ2v) is 13.4. The van der Waals surface area contributed by atoms with Crippen LogP contribution in [-0.2, 0) is 22.6 Å². The molecule has 2 aliphatic heterocycles. The molecule has 6 nitrogen and oxygen atoms in total. The number of hydrogen-bond acceptors (Lipinski definition) is 5. The van der Waals surface area contributed by atoms with Gasteiger partial charge in [-0.2, -0.15) is 0 Å². The van der Waals surface area contributed by atoms with Crippen LogP contribution < -0.4 is 10.2 Å². The molecule has 4 aromatic rings. The van der Waals surface area contributed by atoms with E-state index < -0.39 is 0 Å². The highest BCUT2D eigenvalue weighted by atomic mass is 16.3. The molecule has 2 N–H and O–H groups in total. The summed E-state index contributed by atoms with van der Waals surface area (Å²) in [5.74, 6) is 0.410. The van der Waals surface area contributed by atoms with Crippen molar-refractivity contribution in [3.8, 4) is 5.75 Å². The maximum Gasteiger partial charge on any atom is 0.234 e. The van der Waals surface area contributed by atoms with Crippen LogP contribution in [0, 0.1) is 0 Å². The average Bonchev–Trinajstić information content (AvgIpc) is 3.08. The van der Waals surface area contributed by atoms with Crippen LogP contribution in [0.4, 0.5) is 5.69 Å². The Kier molecular flexibility index (Phi) is 8.63. The van der Waals surface area contributed by atoms with Gasteiger partial charge in [-0.15, -0.1) is 0 Å². The van der Waals surface area contributed by atoms with Gasteiger partial charge in [-0.3, -0.25) is 19.8 Å². The van der Waals surface area contributed by atoms with Crippen molar-refractivity contribution in [1.29, 1.82) is 0 Å². The van der Waals surface area contributed by atoms with E-state index >= 15 is 0 Å². The van der Waals surface area contributed by atoms with E-state index in [2.05, 4.69) is 95.0 Å². The molecule has 6 heteroatoms. The number of fused-ring (bicyclic) bond motifs is 1. The number of carbonyl (C=O) groups excluding carboxylic acids is 2. The predicted molar refractivity (Wildman–Crippen MR) is 182 cm³/mol. The lowest BCUT2D eigenvalue weighted by Crippen LogP contribution is -2.43. The topological polar surface area (TPSA) is 72.9 Å². The molecule has 3 unspecified atom stereocenters. The number of aryl methyl sites for hydroxylation is 1. The van der Waals surface area contributed by atoms with Gasteiger partial charge in [0.25, 0.3) is 0 Å². The predicted octanol–water partition coefficient (Wildman–Crippen LogP) is 6.88. The van der Waals surface area contributed by atoms with Crippen molar-refractivity contribution in [2.24, 2.45) is 0 Å². The van der Waals surface area contributed by atoms with Crippen molar-refractivity contribution < 1.29 is 14.7 Å². The first-order valence-corrected chi connectivity index (χ1v) is 16.8. The first kappa shape index (κ1) is 30.2. The molecule has 2 fully saturated rings. The van der Waals surface area contributed by atoms with Gasteiger partial charge in [0.2, 0.25) is 11.8 Å². The minimum atomic E-state index is -0.247. The molecule has 7 rings (SSSR count). The van der Waals surface area contributed by atoms with Crippen LogP contribution in [0.5, 0.6) is 5.75 Å². The number of piperidine rings is 2. The van der Waals surface area contributed by atoms with Crippen molar-refractivity contribution >= 4 is 17.5 Å². The van der Waals surface area contributed by atoms with Crippen LogP contribution in [0.25, 0.3) is 0 Å². The number of carbonyl (C=O) groups is 2. The third-order valence-corrected chi connectivity index (χ3v) is 10.5. The zero-order valence-electron chi connectivity index (χ0n) is 26.6. The lowest BCUT2D eigenvalue weighted by atomic mass is 9.69. The lowest BCUT2D eigenvalue weighted by molar-refractivity contribution is -0.134. The first-order valence-electron chi connectivity index (χ1n) is 16.8. The second-order valence-electron chi connectivity index (χ2n) is 13.4. The van der Waals surface area contributed by atoms with Gasteiger partial charge in [-0.05, 0) is 103 Å². The van der Waals surface area contributed by atoms with E-state index in [-0.39, 0.29) is 23.7 Å². The molecule has 4 aromatic carbocycles. The zero-order valence-corrected chi connectivity index (χ0v) is 26.6. The Morgan fingerprint density at radius 2 is 1.54 bits per heavy atom. The smallest absolute Gasteiger partial charge is 0.234 e. The summed E-state index contributed by atoms with van der Waals surface area (Å²) >= 11 is 0. The van der Waals surface area contributed by atoms with Gasteiger partial charge < -0.3 is 10.0 Å². The normalized spacial score (nSPS) is 22.0. The fraction of sp³-hybridized carbons (Fsp3) is 0.350. The van der Waals surface area contributed by atoms with Gasteiger partial charge in [0, 0.05) is 43.7 Å². The summed E-state index contributed by atoms with van der Waals surface area (Å²) in [5.41, 5.74) is 8.78. The minimum Gasteiger partial charge on any atom is -0.508 e. The summed E-state index contributed by atoms with van der Waals surface area (Å²) < 4.78 is 0. The molecule has 3 atom stereocenters. The van der Waals surface area contributed by atoms with Crippen molar-refractivity contribution in [3.05, 3.63) is 130 Å². The van der Waals surface area contributed by atoms with E-state index in [1.165, 1.54) is 33.5 Å². The number of nitrogens with zero attached hydrogens (tertiary/aromatic N) is 2. The summed E-state index contributed by atoms with van der Waals surface area (Å²) in [6.45, 7) is 2.87. The molecule has 0 aromatic heterocycles. The number of amides is 2. The number of phenols is 1. The third-order valence-electron chi connectivity index (χ3n) is 10.5. The summed E-state index contributed by atoms with van der Waals surface area (Å²) in [6, 6.07) is 34.9. The number of hydrogen-bond donors (Lipinski definition) is 2. The number of anilines is 1. The summed E-state index contributed by atoms with van der Waals surface area (Å²) in [5, 5.41) is 12.7. The summed E-state index contributed by atoms with van der Waals surface area (Å²) in [6.07, 6.45) is 5.22. The molecule has 1 aliphatic carbocycles. The Morgan fingerprint density at radius 1 is 0.783 bits per heavy atom. The summed E-state index contributed by atoms with van der Waals surface area (Å²) in [7, 11) is 2.21. The zero-order chi connectivity index (χ0) is 31.6. The molecule has 236 valence electrons. The number of imide groups is 1. The highest BCUT2D eigenvalue weighted by molar-refractivity contribution is 6.00. The summed E-state index contributed by atoms with van der Waals surface area (Å²) in [4.78, 5) is 29.0. The minimum absolute atomic E-state index is 0.173. The number of rotatable bonds is 7. The van der Waals surface area contributed by atoms with Crippen molar-refractivity contribution in [1.82, 2.24) is 10.2 Å². The maximum atomic E-state index is 12.4. The first-order chi connectivity index (χ1) is 22.4. The van der Waals surface area contributed by atoms with Gasteiger partial charge in [-0.25, -0.2) is 0 Å². The monoisotopic (exact) mass is 613 g/mol. The highest BCUT2D eigenvalue weighted by Gasteiger charge is 2.33. The fourth-order valence-corrected chi connectivity index (χ4v) is 8.07. The third kappa shape index (κ3) is 6.32. The van der Waals surface area contributed by atoms with E-state index in [1.54, 1.807) is 0 Å². The van der Waals surface area contributed by atoms with E-state index in [0.717, 1.165) is 50.9 Å². The fourth-order valence-electron chi connectivity index (χ4n) is 8.07. The Bertz CT molecular complexity index is 1690. The molecule has 0 saturated carbocycles. The van der Waals surface area contributed by atoms with Crippen molar-refractivity contribution in [2.75, 3.05) is 25.0 Å². The highest BCUT2D eigenvalue weighted by Crippen LogP contribution is 2.47. The van der Waals surface area contributed by atoms with E-state index in [1.807, 2.05) is 24.3 Å². The Balaban J connectivity index is 1.00. The molecule has 3 aliphatic rings. The van der Waals surface area contributed by atoms with Crippen LogP contribution in [0.15, 0.2) is 97.1 Å². The molecule has 0 bridgehead atoms. The number of benzene rings is 4. The van der Waals surface area contributed by atoms with Crippen LogP contribution in [0.1, 0.15) is 83.2 Å². The standard InChI is InChI=1S/C40H43N3O3/c1-42(26-27-6-5-9-30(24-27)37-18-19-38(45)41-40(37)46)32-20-22-43(23-21-32)33-13-10-29(11-14-33)39-35(28-7-3-2-4-8-28)16-12-31-25-34(44)15-17-36(31)39/h2-11,13-15,17,24-25,32,35,37,39,44H,12,16,18-23,26H2,1H3,(H,41,45,46). The van der Waals surface area contributed by atoms with Crippen LogP contribution in [0.3, 0.4) is 0 Å².